The number of hydrogen-bond acceptors (Lipinski definition) is 4. The molecule has 0 amide bonds. The van der Waals surface area contributed by atoms with Crippen molar-refractivity contribution in [1.29, 1.82) is 0 Å². The van der Waals surface area contributed by atoms with Gasteiger partial charge in [-0.1, -0.05) is 11.6 Å². The molecular weight excluding hydrogens is 308 g/mol. The summed E-state index contributed by atoms with van der Waals surface area (Å²) in [5.74, 6) is 0.993. The minimum Gasteiger partial charge on any atom is -0.419 e. The number of rotatable bonds is 4. The van der Waals surface area contributed by atoms with Crippen LogP contribution in [-0.4, -0.2) is 33.3 Å². The van der Waals surface area contributed by atoms with E-state index in [0.717, 1.165) is 5.56 Å². The maximum absolute atomic E-state index is 5.86. The van der Waals surface area contributed by atoms with Crippen molar-refractivity contribution in [3.8, 4) is 11.5 Å². The Morgan fingerprint density at radius 2 is 2.00 bits per heavy atom. The van der Waals surface area contributed by atoms with Gasteiger partial charge >= 0.3 is 0 Å². The number of aromatic nitrogens is 2. The van der Waals surface area contributed by atoms with E-state index in [2.05, 4.69) is 29.4 Å². The van der Waals surface area contributed by atoms with Gasteiger partial charge in [0.15, 0.2) is 5.11 Å². The molecule has 1 aromatic carbocycles. The summed E-state index contributed by atoms with van der Waals surface area (Å²) in [5, 5.41) is 12.4. The zero-order valence-corrected chi connectivity index (χ0v) is 13.7. The Kier molecular flexibility index (Phi) is 5.14. The van der Waals surface area contributed by atoms with Gasteiger partial charge in [0.2, 0.25) is 11.8 Å². The average molecular weight is 325 g/mol. The maximum Gasteiger partial charge on any atom is 0.247 e. The molecule has 21 heavy (non-hydrogen) atoms. The van der Waals surface area contributed by atoms with E-state index in [0.29, 0.717) is 28.5 Å². The minimum atomic E-state index is 0.232. The van der Waals surface area contributed by atoms with Crippen LogP contribution in [0.4, 0.5) is 0 Å². The second kappa shape index (κ2) is 6.87. The van der Waals surface area contributed by atoms with Crippen LogP contribution in [0.1, 0.15) is 19.7 Å². The van der Waals surface area contributed by atoms with Gasteiger partial charge in [0.25, 0.3) is 0 Å². The quantitative estimate of drug-likeness (QED) is 0.872. The standard InChI is InChI=1S/C14H17ClN4OS/c1-9(2)19(14(21)16-3)8-12-17-18-13(20-12)10-4-6-11(15)7-5-10/h4-7,9H,8H2,1-3H3,(H,16,21). The predicted octanol–water partition coefficient (Wildman–Crippen LogP) is 3.10. The van der Waals surface area contributed by atoms with Crippen LogP contribution in [-0.2, 0) is 6.54 Å². The van der Waals surface area contributed by atoms with E-state index in [-0.39, 0.29) is 6.04 Å². The van der Waals surface area contributed by atoms with Gasteiger partial charge in [0, 0.05) is 23.7 Å². The molecule has 0 spiro atoms. The molecule has 0 atom stereocenters. The van der Waals surface area contributed by atoms with Crippen LogP contribution >= 0.6 is 23.8 Å². The number of benzene rings is 1. The molecule has 5 nitrogen and oxygen atoms in total. The van der Waals surface area contributed by atoms with Crippen LogP contribution in [0, 0.1) is 0 Å². The van der Waals surface area contributed by atoms with E-state index in [4.69, 9.17) is 28.2 Å². The van der Waals surface area contributed by atoms with E-state index in [1.165, 1.54) is 0 Å². The number of nitrogens with one attached hydrogen (secondary N) is 1. The Morgan fingerprint density at radius 1 is 1.33 bits per heavy atom. The minimum absolute atomic E-state index is 0.232. The third kappa shape index (κ3) is 3.92. The highest BCUT2D eigenvalue weighted by molar-refractivity contribution is 7.80. The number of halogens is 1. The summed E-state index contributed by atoms with van der Waals surface area (Å²) in [4.78, 5) is 1.98. The molecule has 7 heteroatoms. The van der Waals surface area contributed by atoms with Crippen LogP contribution in [0.25, 0.3) is 11.5 Å². The second-order valence-electron chi connectivity index (χ2n) is 4.78. The van der Waals surface area contributed by atoms with Crippen molar-refractivity contribution < 1.29 is 4.42 Å². The van der Waals surface area contributed by atoms with Crippen molar-refractivity contribution in [2.45, 2.75) is 26.4 Å². The van der Waals surface area contributed by atoms with Gasteiger partial charge < -0.3 is 14.6 Å². The van der Waals surface area contributed by atoms with Crippen molar-refractivity contribution >= 4 is 28.9 Å². The summed E-state index contributed by atoms with van der Waals surface area (Å²) in [5.41, 5.74) is 0.838. The number of thiocarbonyl (C=S) groups is 1. The van der Waals surface area contributed by atoms with Crippen molar-refractivity contribution in [1.82, 2.24) is 20.4 Å². The van der Waals surface area contributed by atoms with E-state index in [9.17, 15) is 0 Å². The van der Waals surface area contributed by atoms with E-state index >= 15 is 0 Å². The summed E-state index contributed by atoms with van der Waals surface area (Å²) < 4.78 is 5.69. The molecule has 0 unspecified atom stereocenters. The lowest BCUT2D eigenvalue weighted by Gasteiger charge is -2.27. The molecule has 2 rings (SSSR count). The SMILES string of the molecule is CNC(=S)N(Cc1nnc(-c2ccc(Cl)cc2)o1)C(C)C. The summed E-state index contributed by atoms with van der Waals surface area (Å²) in [7, 11) is 1.80. The molecule has 0 aliphatic carbocycles. The molecule has 1 N–H and O–H groups in total. The third-order valence-electron chi connectivity index (χ3n) is 2.96. The highest BCUT2D eigenvalue weighted by Gasteiger charge is 2.17. The lowest BCUT2D eigenvalue weighted by Crippen LogP contribution is -2.41. The van der Waals surface area contributed by atoms with Gasteiger partial charge in [-0.25, -0.2) is 0 Å². The molecule has 0 fully saturated rings. The van der Waals surface area contributed by atoms with Crippen LogP contribution in [0.15, 0.2) is 28.7 Å². The molecule has 1 heterocycles. The zero-order valence-electron chi connectivity index (χ0n) is 12.1. The van der Waals surface area contributed by atoms with Crippen LogP contribution in [0.2, 0.25) is 5.02 Å². The molecule has 1 aromatic heterocycles. The molecule has 0 aliphatic heterocycles. The molecule has 0 saturated carbocycles. The zero-order chi connectivity index (χ0) is 15.4. The van der Waals surface area contributed by atoms with Crippen molar-refractivity contribution in [3.05, 3.63) is 35.2 Å². The fourth-order valence-corrected chi connectivity index (χ4v) is 2.21. The largest absolute Gasteiger partial charge is 0.419 e. The first-order valence-electron chi connectivity index (χ1n) is 6.58. The normalized spacial score (nSPS) is 10.7. The van der Waals surface area contributed by atoms with Crippen LogP contribution in [0.3, 0.4) is 0 Å². The van der Waals surface area contributed by atoms with Gasteiger partial charge in [0.1, 0.15) is 0 Å². The fourth-order valence-electron chi connectivity index (χ4n) is 1.80. The van der Waals surface area contributed by atoms with E-state index < -0.39 is 0 Å². The average Bonchev–Trinajstić information content (AvgIpc) is 2.93. The van der Waals surface area contributed by atoms with Gasteiger partial charge in [-0.3, -0.25) is 0 Å². The first-order valence-corrected chi connectivity index (χ1v) is 7.36. The number of hydrogen-bond donors (Lipinski definition) is 1. The summed E-state index contributed by atoms with van der Waals surface area (Å²) in [6, 6.07) is 7.50. The lowest BCUT2D eigenvalue weighted by molar-refractivity contribution is 0.303. The molecule has 112 valence electrons. The lowest BCUT2D eigenvalue weighted by atomic mass is 10.2. The molecule has 0 radical (unpaired) electrons. The molecule has 0 aliphatic rings. The Labute approximate surface area is 134 Å². The summed E-state index contributed by atoms with van der Waals surface area (Å²) >= 11 is 11.1. The summed E-state index contributed by atoms with van der Waals surface area (Å²) in [6.07, 6.45) is 0. The Bertz CT molecular complexity index is 612. The van der Waals surface area contributed by atoms with E-state index in [1.54, 1.807) is 19.2 Å². The van der Waals surface area contributed by atoms with Crippen LogP contribution < -0.4 is 5.32 Å². The van der Waals surface area contributed by atoms with Crippen LogP contribution in [0.5, 0.6) is 0 Å². The first-order chi connectivity index (χ1) is 10.0. The van der Waals surface area contributed by atoms with Crippen molar-refractivity contribution in [2.24, 2.45) is 0 Å². The van der Waals surface area contributed by atoms with Gasteiger partial charge in [0.05, 0.1) is 6.54 Å². The molecule has 2 aromatic rings. The Morgan fingerprint density at radius 3 is 2.57 bits per heavy atom. The topological polar surface area (TPSA) is 54.2 Å². The first kappa shape index (κ1) is 15.7. The predicted molar refractivity (Wildman–Crippen MR) is 87.1 cm³/mol. The summed E-state index contributed by atoms with van der Waals surface area (Å²) in [6.45, 7) is 4.58. The maximum atomic E-state index is 5.86. The van der Waals surface area contributed by atoms with Crippen molar-refractivity contribution in [3.63, 3.8) is 0 Å². The van der Waals surface area contributed by atoms with E-state index in [1.807, 2.05) is 17.0 Å². The van der Waals surface area contributed by atoms with Gasteiger partial charge in [-0.2, -0.15) is 0 Å². The molecule has 0 bridgehead atoms. The fraction of sp³-hybridized carbons (Fsp3) is 0.357. The van der Waals surface area contributed by atoms with Gasteiger partial charge in [-0.05, 0) is 50.3 Å². The smallest absolute Gasteiger partial charge is 0.247 e. The molecular formula is C14H17ClN4OS. The molecule has 0 saturated heterocycles. The van der Waals surface area contributed by atoms with Crippen molar-refractivity contribution in [2.75, 3.05) is 7.05 Å². The monoisotopic (exact) mass is 324 g/mol. The highest BCUT2D eigenvalue weighted by atomic mass is 35.5. The Hall–Kier alpha value is -1.66. The third-order valence-corrected chi connectivity index (χ3v) is 3.65. The second-order valence-corrected chi connectivity index (χ2v) is 5.61. The Balaban J connectivity index is 2.15. The van der Waals surface area contributed by atoms with Gasteiger partial charge in [-0.15, -0.1) is 10.2 Å². The highest BCUT2D eigenvalue weighted by Crippen LogP contribution is 2.21. The number of nitrogens with zero attached hydrogens (tertiary/aromatic N) is 3.